The van der Waals surface area contributed by atoms with Gasteiger partial charge in [0.25, 0.3) is 0 Å². The van der Waals surface area contributed by atoms with Crippen molar-refractivity contribution >= 4 is 20.7 Å². The maximum absolute atomic E-state index is 2.70. The summed E-state index contributed by atoms with van der Waals surface area (Å²) in [4.78, 5) is 2.70. The normalized spacial score (nSPS) is 26.6. The van der Waals surface area contributed by atoms with E-state index in [4.69, 9.17) is 0 Å². The van der Waals surface area contributed by atoms with Gasteiger partial charge in [-0.3, -0.25) is 0 Å². The molecule has 0 spiro atoms. The van der Waals surface area contributed by atoms with Gasteiger partial charge < -0.3 is 4.90 Å². The van der Waals surface area contributed by atoms with E-state index in [9.17, 15) is 0 Å². The van der Waals surface area contributed by atoms with Crippen LogP contribution in [0.15, 0.2) is 0 Å². The van der Waals surface area contributed by atoms with Crippen molar-refractivity contribution in [1.82, 2.24) is 4.90 Å². The van der Waals surface area contributed by atoms with Gasteiger partial charge in [-0.1, -0.05) is 0 Å². The van der Waals surface area contributed by atoms with E-state index in [2.05, 4.69) is 28.2 Å². The number of likely N-dealkylation sites (tertiary alicyclic amines) is 1. The van der Waals surface area contributed by atoms with Crippen LogP contribution in [0, 0.1) is 5.41 Å². The summed E-state index contributed by atoms with van der Waals surface area (Å²) in [6, 6.07) is 0. The van der Waals surface area contributed by atoms with Gasteiger partial charge in [-0.25, -0.2) is 9.93 Å². The highest BCUT2D eigenvalue weighted by Gasteiger charge is 2.43. The lowest BCUT2D eigenvalue weighted by atomic mass is 10.1. The summed E-state index contributed by atoms with van der Waals surface area (Å²) in [6.45, 7) is 4.15. The lowest BCUT2D eigenvalue weighted by molar-refractivity contribution is 0.279. The second kappa shape index (κ2) is 4.67. The van der Waals surface area contributed by atoms with E-state index in [0.717, 1.165) is 5.41 Å². The third-order valence-corrected chi connectivity index (χ3v) is 6.54. The molecule has 2 aliphatic rings. The summed E-state index contributed by atoms with van der Waals surface area (Å²) in [6.07, 6.45) is 10.6. The molecule has 2 fully saturated rings. The highest BCUT2D eigenvalue weighted by Crippen LogP contribution is 2.52. The van der Waals surface area contributed by atoms with Crippen LogP contribution in [0.5, 0.6) is 0 Å². The van der Waals surface area contributed by atoms with Gasteiger partial charge in [-0.15, -0.1) is 10.8 Å². The molecule has 0 unspecified atom stereocenters. The summed E-state index contributed by atoms with van der Waals surface area (Å²) < 4.78 is 0. The van der Waals surface area contributed by atoms with Crippen LogP contribution < -0.4 is 0 Å². The Morgan fingerprint density at radius 1 is 1.21 bits per heavy atom. The molecule has 84 valence electrons. The zero-order chi connectivity index (χ0) is 10.0. The molecule has 0 amide bonds. The van der Waals surface area contributed by atoms with Gasteiger partial charge in [0.2, 0.25) is 0 Å². The average Bonchev–Trinajstić information content (AvgIpc) is 2.70. The number of rotatable bonds is 5. The van der Waals surface area contributed by atoms with Crippen molar-refractivity contribution in [2.75, 3.05) is 37.9 Å². The van der Waals surface area contributed by atoms with Crippen molar-refractivity contribution in [3.63, 3.8) is 0 Å². The van der Waals surface area contributed by atoms with E-state index in [1.54, 1.807) is 0 Å². The van der Waals surface area contributed by atoms with Crippen molar-refractivity contribution < 1.29 is 0 Å². The van der Waals surface area contributed by atoms with Crippen molar-refractivity contribution in [1.29, 1.82) is 0 Å². The predicted octanol–water partition coefficient (Wildman–Crippen LogP) is 2.77. The Hall–Kier alpha value is 0.660. The Kier molecular flexibility index (Phi) is 3.72. The van der Waals surface area contributed by atoms with Crippen LogP contribution in [0.25, 0.3) is 0 Å². The molecule has 1 nitrogen and oxygen atoms in total. The summed E-state index contributed by atoms with van der Waals surface area (Å²) in [5.41, 5.74) is 0.752. The molecule has 1 aliphatic carbocycles. The number of hydrogen-bond donors (Lipinski definition) is 1. The smallest absolute Gasteiger partial charge is 0.00886 e. The largest absolute Gasteiger partial charge is 0.303 e. The summed E-state index contributed by atoms with van der Waals surface area (Å²) in [5.74, 6) is 1.43. The first-order valence-corrected chi connectivity index (χ1v) is 9.56. The quantitative estimate of drug-likeness (QED) is 0.574. The average molecular weight is 233 g/mol. The molecule has 1 aliphatic heterocycles. The zero-order valence-corrected chi connectivity index (χ0v) is 11.2. The third kappa shape index (κ3) is 3.07. The summed E-state index contributed by atoms with van der Waals surface area (Å²) in [7, 11) is 2.48. The van der Waals surface area contributed by atoms with Gasteiger partial charge in [0.1, 0.15) is 0 Å². The van der Waals surface area contributed by atoms with E-state index in [0.29, 0.717) is 0 Å². The molecular weight excluding hydrogens is 210 g/mol. The number of hydrogen-bond acceptors (Lipinski definition) is 2. The minimum atomic E-state index is 0.255. The minimum absolute atomic E-state index is 0.255. The molecule has 14 heavy (non-hydrogen) atoms. The zero-order valence-electron chi connectivity index (χ0n) is 9.46. The fraction of sp³-hybridized carbons (Fsp3) is 1.00. The minimum Gasteiger partial charge on any atom is -0.303 e. The molecule has 0 radical (unpaired) electrons. The highest BCUT2D eigenvalue weighted by molar-refractivity contribution is 8.84. The molecule has 0 aromatic carbocycles. The van der Waals surface area contributed by atoms with Gasteiger partial charge in [-0.2, -0.15) is 0 Å². The van der Waals surface area contributed by atoms with Gasteiger partial charge in [0.15, 0.2) is 0 Å². The Morgan fingerprint density at radius 3 is 2.36 bits per heavy atom. The molecular formula is C11H23NS2. The molecule has 1 saturated heterocycles. The Labute approximate surface area is 94.8 Å². The first kappa shape index (κ1) is 11.2. The van der Waals surface area contributed by atoms with Crippen LogP contribution >= 0.6 is 20.7 Å². The maximum atomic E-state index is 2.70. The monoisotopic (exact) mass is 233 g/mol. The lowest BCUT2D eigenvalue weighted by Gasteiger charge is -2.23. The third-order valence-electron chi connectivity index (χ3n) is 3.34. The second-order valence-corrected chi connectivity index (χ2v) is 10.2. The van der Waals surface area contributed by atoms with E-state index in [1.807, 2.05) is 0 Å². The second-order valence-electron chi connectivity index (χ2n) is 5.07. The number of nitrogens with zero attached hydrogens (tertiary/aromatic N) is 1. The standard InChI is InChI=1S/C11H23NS2/c1-14(2)13-10-11(5-6-11)9-12-7-3-4-8-12/h14H,3-10H2,1-2H3. The van der Waals surface area contributed by atoms with Crippen LogP contribution in [0.1, 0.15) is 25.7 Å². The van der Waals surface area contributed by atoms with Crippen LogP contribution in [0.2, 0.25) is 0 Å². The first-order valence-electron chi connectivity index (χ1n) is 5.73. The Morgan fingerprint density at radius 2 is 1.86 bits per heavy atom. The Bertz CT molecular complexity index is 184. The fourth-order valence-corrected chi connectivity index (χ4v) is 4.71. The molecule has 1 heterocycles. The van der Waals surface area contributed by atoms with Gasteiger partial charge in [-0.05, 0) is 56.7 Å². The molecule has 0 bridgehead atoms. The van der Waals surface area contributed by atoms with Crippen molar-refractivity contribution in [2.45, 2.75) is 25.7 Å². The molecule has 0 aromatic heterocycles. The van der Waals surface area contributed by atoms with E-state index in [1.165, 1.54) is 51.1 Å². The van der Waals surface area contributed by atoms with Crippen LogP contribution in [-0.2, 0) is 0 Å². The van der Waals surface area contributed by atoms with Gasteiger partial charge in [0.05, 0.1) is 0 Å². The van der Waals surface area contributed by atoms with Crippen molar-refractivity contribution in [2.24, 2.45) is 5.41 Å². The highest BCUT2D eigenvalue weighted by atomic mass is 33.1. The first-order chi connectivity index (χ1) is 6.70. The van der Waals surface area contributed by atoms with Crippen LogP contribution in [0.4, 0.5) is 0 Å². The number of thiol groups is 1. The Balaban J connectivity index is 1.72. The SMILES string of the molecule is C[SH](C)SCC1(CN2CCCC2)CC1. The molecule has 2 rings (SSSR count). The van der Waals surface area contributed by atoms with Gasteiger partial charge >= 0.3 is 0 Å². The fourth-order valence-electron chi connectivity index (χ4n) is 2.21. The van der Waals surface area contributed by atoms with E-state index < -0.39 is 0 Å². The summed E-state index contributed by atoms with van der Waals surface area (Å²) in [5, 5.41) is 0. The predicted molar refractivity (Wildman–Crippen MR) is 70.6 cm³/mol. The molecule has 1 saturated carbocycles. The summed E-state index contributed by atoms with van der Waals surface area (Å²) >= 11 is 0. The van der Waals surface area contributed by atoms with E-state index >= 15 is 0 Å². The molecule has 0 aromatic rings. The van der Waals surface area contributed by atoms with Crippen LogP contribution in [-0.4, -0.2) is 42.8 Å². The topological polar surface area (TPSA) is 3.24 Å². The molecule has 0 N–H and O–H groups in total. The van der Waals surface area contributed by atoms with Crippen molar-refractivity contribution in [3.8, 4) is 0 Å². The molecule has 0 atom stereocenters. The van der Waals surface area contributed by atoms with Crippen molar-refractivity contribution in [3.05, 3.63) is 0 Å². The maximum Gasteiger partial charge on any atom is 0.00886 e. The van der Waals surface area contributed by atoms with Crippen LogP contribution in [0.3, 0.4) is 0 Å². The molecule has 3 heteroatoms. The van der Waals surface area contributed by atoms with E-state index in [-0.39, 0.29) is 9.93 Å². The lowest BCUT2D eigenvalue weighted by Crippen LogP contribution is -2.28. The van der Waals surface area contributed by atoms with Gasteiger partial charge in [0, 0.05) is 12.3 Å².